The Morgan fingerprint density at radius 3 is 3.06 bits per heavy atom. The smallest absolute Gasteiger partial charge is 0.339 e. The molecule has 5 heteroatoms. The number of nitrogens with zero attached hydrogens (tertiary/aromatic N) is 2. The van der Waals surface area contributed by atoms with Crippen molar-refractivity contribution in [3.63, 3.8) is 0 Å². The van der Waals surface area contributed by atoms with E-state index in [0.29, 0.717) is 18.2 Å². The molecular weight excluding hydrogens is 230 g/mol. The minimum atomic E-state index is -0.971. The molecule has 1 heterocycles. The van der Waals surface area contributed by atoms with E-state index >= 15 is 0 Å². The number of hydrogen-bond donors (Lipinski definition) is 2. The maximum Gasteiger partial charge on any atom is 0.339 e. The third kappa shape index (κ3) is 3.04. The van der Waals surface area contributed by atoms with Crippen molar-refractivity contribution in [3.8, 4) is 0 Å². The summed E-state index contributed by atoms with van der Waals surface area (Å²) in [6.07, 6.45) is 6.62. The first-order valence-corrected chi connectivity index (χ1v) is 6.41. The van der Waals surface area contributed by atoms with Crippen molar-refractivity contribution < 1.29 is 9.90 Å². The minimum Gasteiger partial charge on any atom is -0.478 e. The molecule has 0 radical (unpaired) electrons. The number of carbonyl (C=O) groups is 1. The highest BCUT2D eigenvalue weighted by atomic mass is 16.4. The average molecular weight is 249 g/mol. The largest absolute Gasteiger partial charge is 0.478 e. The Balaban J connectivity index is 1.88. The van der Waals surface area contributed by atoms with Gasteiger partial charge in [-0.1, -0.05) is 19.8 Å². The van der Waals surface area contributed by atoms with Gasteiger partial charge in [-0.15, -0.1) is 0 Å². The number of nitrogens with one attached hydrogen (secondary N) is 1. The van der Waals surface area contributed by atoms with Crippen molar-refractivity contribution in [1.82, 2.24) is 15.3 Å². The lowest BCUT2D eigenvalue weighted by atomic mass is 9.98. The summed E-state index contributed by atoms with van der Waals surface area (Å²) < 4.78 is 0. The molecule has 1 aliphatic rings. The molecule has 1 aromatic heterocycles. The van der Waals surface area contributed by atoms with Crippen molar-refractivity contribution in [2.45, 2.75) is 32.7 Å². The van der Waals surface area contributed by atoms with Gasteiger partial charge in [0.25, 0.3) is 0 Å². The van der Waals surface area contributed by atoms with E-state index in [2.05, 4.69) is 22.2 Å². The molecule has 0 aliphatic heterocycles. The summed E-state index contributed by atoms with van der Waals surface area (Å²) >= 11 is 0. The van der Waals surface area contributed by atoms with E-state index in [0.717, 1.165) is 12.5 Å². The zero-order valence-electron chi connectivity index (χ0n) is 10.6. The Hall–Kier alpha value is -1.49. The highest BCUT2D eigenvalue weighted by Gasteiger charge is 2.22. The minimum absolute atomic E-state index is 0.185. The Labute approximate surface area is 107 Å². The van der Waals surface area contributed by atoms with Gasteiger partial charge >= 0.3 is 5.97 Å². The lowest BCUT2D eigenvalue weighted by molar-refractivity contribution is 0.0694. The van der Waals surface area contributed by atoms with Gasteiger partial charge in [-0.2, -0.15) is 0 Å². The number of hydrogen-bond acceptors (Lipinski definition) is 4. The van der Waals surface area contributed by atoms with E-state index in [4.69, 9.17) is 5.11 Å². The highest BCUT2D eigenvalue weighted by Crippen LogP contribution is 2.30. The van der Waals surface area contributed by atoms with Crippen molar-refractivity contribution in [2.75, 3.05) is 6.54 Å². The maximum absolute atomic E-state index is 11.0. The van der Waals surface area contributed by atoms with Crippen LogP contribution in [0, 0.1) is 11.8 Å². The standard InChI is InChI=1S/C13H19N3O2/c1-9-3-2-4-10(9)5-14-7-12-11(13(17)18)6-15-8-16-12/h6,8-10,14H,2-5,7H2,1H3,(H,17,18). The molecule has 1 aliphatic carbocycles. The average Bonchev–Trinajstić information content (AvgIpc) is 2.76. The normalized spacial score (nSPS) is 23.2. The molecule has 2 unspecified atom stereocenters. The molecule has 0 bridgehead atoms. The summed E-state index contributed by atoms with van der Waals surface area (Å²) in [5.74, 6) is 0.503. The fraction of sp³-hybridized carbons (Fsp3) is 0.615. The molecule has 1 aromatic rings. The third-order valence-electron chi connectivity index (χ3n) is 3.76. The summed E-state index contributed by atoms with van der Waals surface area (Å²) in [6.45, 7) is 3.71. The van der Waals surface area contributed by atoms with Crippen molar-refractivity contribution in [3.05, 3.63) is 23.8 Å². The molecule has 2 rings (SSSR count). The van der Waals surface area contributed by atoms with Gasteiger partial charge in [0.1, 0.15) is 11.9 Å². The van der Waals surface area contributed by atoms with Gasteiger partial charge in [-0.05, 0) is 24.8 Å². The van der Waals surface area contributed by atoms with E-state index in [1.807, 2.05) is 0 Å². The van der Waals surface area contributed by atoms with E-state index < -0.39 is 5.97 Å². The predicted molar refractivity (Wildman–Crippen MR) is 67.2 cm³/mol. The summed E-state index contributed by atoms with van der Waals surface area (Å²) in [5.41, 5.74) is 0.743. The summed E-state index contributed by atoms with van der Waals surface area (Å²) in [5, 5.41) is 12.3. The molecule has 1 fully saturated rings. The van der Waals surface area contributed by atoms with Crippen LogP contribution < -0.4 is 5.32 Å². The fourth-order valence-electron chi connectivity index (χ4n) is 2.58. The van der Waals surface area contributed by atoms with Gasteiger partial charge in [0.15, 0.2) is 0 Å². The van der Waals surface area contributed by atoms with Gasteiger partial charge < -0.3 is 10.4 Å². The molecule has 18 heavy (non-hydrogen) atoms. The van der Waals surface area contributed by atoms with Crippen LogP contribution in [0.1, 0.15) is 42.2 Å². The zero-order chi connectivity index (χ0) is 13.0. The number of carboxylic acids is 1. The Kier molecular flexibility index (Phi) is 4.25. The third-order valence-corrected chi connectivity index (χ3v) is 3.76. The van der Waals surface area contributed by atoms with Gasteiger partial charge in [0.2, 0.25) is 0 Å². The van der Waals surface area contributed by atoms with Crippen LogP contribution in [-0.2, 0) is 6.54 Å². The second-order valence-corrected chi connectivity index (χ2v) is 4.99. The molecule has 0 amide bonds. The van der Waals surface area contributed by atoms with Crippen LogP contribution in [0.25, 0.3) is 0 Å². The molecule has 98 valence electrons. The van der Waals surface area contributed by atoms with E-state index in [-0.39, 0.29) is 5.56 Å². The molecule has 0 spiro atoms. The second kappa shape index (κ2) is 5.91. The topological polar surface area (TPSA) is 75.1 Å². The predicted octanol–water partition coefficient (Wildman–Crippen LogP) is 1.70. The zero-order valence-corrected chi connectivity index (χ0v) is 10.6. The lowest BCUT2D eigenvalue weighted by Crippen LogP contribution is -2.25. The molecule has 1 saturated carbocycles. The Morgan fingerprint density at radius 2 is 2.39 bits per heavy atom. The van der Waals surface area contributed by atoms with Crippen LogP contribution in [0.4, 0.5) is 0 Å². The second-order valence-electron chi connectivity index (χ2n) is 4.99. The van der Waals surface area contributed by atoms with Crippen LogP contribution in [0.3, 0.4) is 0 Å². The first-order valence-electron chi connectivity index (χ1n) is 6.41. The van der Waals surface area contributed by atoms with Gasteiger partial charge in [-0.25, -0.2) is 14.8 Å². The van der Waals surface area contributed by atoms with E-state index in [1.165, 1.54) is 31.8 Å². The number of aromatic carboxylic acids is 1. The van der Waals surface area contributed by atoms with E-state index in [9.17, 15) is 4.79 Å². The molecule has 0 saturated heterocycles. The molecule has 2 atom stereocenters. The van der Waals surface area contributed by atoms with Crippen LogP contribution in [0.5, 0.6) is 0 Å². The van der Waals surface area contributed by atoms with Gasteiger partial charge in [0.05, 0.1) is 5.69 Å². The van der Waals surface area contributed by atoms with E-state index in [1.54, 1.807) is 0 Å². The van der Waals surface area contributed by atoms with Crippen LogP contribution >= 0.6 is 0 Å². The fourth-order valence-corrected chi connectivity index (χ4v) is 2.58. The van der Waals surface area contributed by atoms with Gasteiger partial charge in [0, 0.05) is 12.7 Å². The van der Waals surface area contributed by atoms with Crippen LogP contribution in [0.15, 0.2) is 12.5 Å². The van der Waals surface area contributed by atoms with Crippen molar-refractivity contribution in [1.29, 1.82) is 0 Å². The highest BCUT2D eigenvalue weighted by molar-refractivity contribution is 5.88. The number of rotatable bonds is 5. The van der Waals surface area contributed by atoms with Crippen LogP contribution in [-0.4, -0.2) is 27.6 Å². The van der Waals surface area contributed by atoms with Gasteiger partial charge in [-0.3, -0.25) is 0 Å². The Morgan fingerprint density at radius 1 is 1.56 bits per heavy atom. The summed E-state index contributed by atoms with van der Waals surface area (Å²) in [7, 11) is 0. The molecule has 5 nitrogen and oxygen atoms in total. The van der Waals surface area contributed by atoms with Crippen molar-refractivity contribution in [2.24, 2.45) is 11.8 Å². The van der Waals surface area contributed by atoms with Crippen molar-refractivity contribution >= 4 is 5.97 Å². The summed E-state index contributed by atoms with van der Waals surface area (Å²) in [4.78, 5) is 18.8. The summed E-state index contributed by atoms with van der Waals surface area (Å²) in [6, 6.07) is 0. The lowest BCUT2D eigenvalue weighted by Gasteiger charge is -2.16. The number of aromatic nitrogens is 2. The monoisotopic (exact) mass is 249 g/mol. The number of carboxylic acid groups (broad SMARTS) is 1. The molecular formula is C13H19N3O2. The Bertz CT molecular complexity index is 422. The molecule has 0 aromatic carbocycles. The maximum atomic E-state index is 11.0. The quantitative estimate of drug-likeness (QED) is 0.830. The van der Waals surface area contributed by atoms with Crippen LogP contribution in [0.2, 0.25) is 0 Å². The SMILES string of the molecule is CC1CCCC1CNCc1ncncc1C(=O)O. The first kappa shape index (κ1) is 13.0. The first-order chi connectivity index (χ1) is 8.68. The molecule has 2 N–H and O–H groups in total.